The molecule has 1 aromatic rings. The van der Waals surface area contributed by atoms with Gasteiger partial charge in [0.2, 0.25) is 0 Å². The van der Waals surface area contributed by atoms with Gasteiger partial charge in [0.15, 0.2) is 11.6 Å². The van der Waals surface area contributed by atoms with Crippen LogP contribution in [0.2, 0.25) is 0 Å². The van der Waals surface area contributed by atoms with E-state index in [9.17, 15) is 9.50 Å². The van der Waals surface area contributed by atoms with Gasteiger partial charge in [-0.15, -0.1) is 0 Å². The largest absolute Gasteiger partial charge is 0.493 e. The predicted octanol–water partition coefficient (Wildman–Crippen LogP) is 2.17. The molecule has 1 aliphatic carbocycles. The summed E-state index contributed by atoms with van der Waals surface area (Å²) in [5.41, 5.74) is 0.0984. The van der Waals surface area contributed by atoms with Crippen LogP contribution in [-0.2, 0) is 12.0 Å². The molecule has 0 spiro atoms. The highest BCUT2D eigenvalue weighted by Gasteiger charge is 2.53. The minimum absolute atomic E-state index is 0.174. The van der Waals surface area contributed by atoms with Crippen molar-refractivity contribution in [3.8, 4) is 5.75 Å². The van der Waals surface area contributed by atoms with E-state index in [1.807, 2.05) is 32.8 Å². The van der Waals surface area contributed by atoms with Crippen molar-refractivity contribution in [2.45, 2.75) is 25.9 Å². The number of nitrogens with zero attached hydrogens (tertiary/aromatic N) is 1. The van der Waals surface area contributed by atoms with Crippen molar-refractivity contribution >= 4 is 0 Å². The molecule has 1 unspecified atom stereocenters. The van der Waals surface area contributed by atoms with Crippen molar-refractivity contribution in [2.75, 3.05) is 27.7 Å². The number of hydrogen-bond donors (Lipinski definition) is 1. The van der Waals surface area contributed by atoms with E-state index in [-0.39, 0.29) is 11.2 Å². The summed E-state index contributed by atoms with van der Waals surface area (Å²) in [7, 11) is 5.25. The molecule has 1 aromatic carbocycles. The lowest BCUT2D eigenvalue weighted by atomic mass is 9.75. The lowest BCUT2D eigenvalue weighted by Crippen LogP contribution is -2.46. The molecule has 1 atom stereocenters. The Balaban J connectivity index is 2.66. The minimum Gasteiger partial charge on any atom is -0.493 e. The van der Waals surface area contributed by atoms with E-state index in [1.165, 1.54) is 13.2 Å². The second-order valence-corrected chi connectivity index (χ2v) is 6.27. The van der Waals surface area contributed by atoms with Crippen LogP contribution in [0.5, 0.6) is 5.75 Å². The van der Waals surface area contributed by atoms with Crippen LogP contribution in [0.25, 0.3) is 0 Å². The van der Waals surface area contributed by atoms with Crippen molar-refractivity contribution in [3.05, 3.63) is 29.1 Å². The summed E-state index contributed by atoms with van der Waals surface area (Å²) < 4.78 is 19.1. The molecule has 1 N–H and O–H groups in total. The molecule has 1 aliphatic rings. The number of methoxy groups -OCH3 is 1. The Hall–Kier alpha value is -1.13. The maximum absolute atomic E-state index is 13.9. The Morgan fingerprint density at radius 3 is 2.53 bits per heavy atom. The number of halogens is 1. The fraction of sp³-hybridized carbons (Fsp3) is 0.600. The van der Waals surface area contributed by atoms with E-state index in [0.29, 0.717) is 18.5 Å². The number of aliphatic hydroxyl groups is 1. The zero-order chi connectivity index (χ0) is 14.4. The molecule has 0 radical (unpaired) electrons. The first-order valence-corrected chi connectivity index (χ1v) is 6.46. The zero-order valence-corrected chi connectivity index (χ0v) is 12.2. The van der Waals surface area contributed by atoms with Gasteiger partial charge in [-0.2, -0.15) is 0 Å². The standard InChI is InChI=1S/C15H22FNO2/c1-14(2)8-10-6-7-11(16)13(19-5)12(10)15(14,18)9-17(3)4/h6-7,18H,8-9H2,1-5H3. The van der Waals surface area contributed by atoms with Crippen LogP contribution in [-0.4, -0.2) is 37.8 Å². The van der Waals surface area contributed by atoms with Crippen LogP contribution >= 0.6 is 0 Å². The Labute approximate surface area is 114 Å². The van der Waals surface area contributed by atoms with Crippen LogP contribution < -0.4 is 4.74 Å². The van der Waals surface area contributed by atoms with Gasteiger partial charge >= 0.3 is 0 Å². The van der Waals surface area contributed by atoms with Crippen LogP contribution in [0.4, 0.5) is 4.39 Å². The second-order valence-electron chi connectivity index (χ2n) is 6.27. The molecule has 2 rings (SSSR count). The first-order chi connectivity index (χ1) is 8.73. The molecule has 0 saturated carbocycles. The van der Waals surface area contributed by atoms with Crippen molar-refractivity contribution in [2.24, 2.45) is 5.41 Å². The molecule has 19 heavy (non-hydrogen) atoms. The molecule has 0 fully saturated rings. The number of rotatable bonds is 3. The molecule has 106 valence electrons. The van der Waals surface area contributed by atoms with E-state index >= 15 is 0 Å². The Morgan fingerprint density at radius 2 is 2.00 bits per heavy atom. The predicted molar refractivity (Wildman–Crippen MR) is 72.9 cm³/mol. The lowest BCUT2D eigenvalue weighted by molar-refractivity contribution is -0.0763. The van der Waals surface area contributed by atoms with Gasteiger partial charge in [-0.25, -0.2) is 4.39 Å². The van der Waals surface area contributed by atoms with Gasteiger partial charge in [0.05, 0.1) is 7.11 Å². The summed E-state index contributed by atoms with van der Waals surface area (Å²) in [6.07, 6.45) is 0.712. The number of ether oxygens (including phenoxy) is 1. The average molecular weight is 267 g/mol. The molecule has 0 saturated heterocycles. The van der Waals surface area contributed by atoms with E-state index < -0.39 is 11.4 Å². The molecule has 4 heteroatoms. The summed E-state index contributed by atoms with van der Waals surface area (Å²) in [6, 6.07) is 3.16. The first kappa shape index (κ1) is 14.3. The Bertz CT molecular complexity index is 499. The molecular weight excluding hydrogens is 245 g/mol. The number of hydrogen-bond acceptors (Lipinski definition) is 3. The van der Waals surface area contributed by atoms with E-state index in [4.69, 9.17) is 4.74 Å². The van der Waals surface area contributed by atoms with Gasteiger partial charge in [0.25, 0.3) is 0 Å². The molecule has 0 amide bonds. The average Bonchev–Trinajstić information content (AvgIpc) is 2.47. The summed E-state index contributed by atoms with van der Waals surface area (Å²) in [6.45, 7) is 4.45. The molecule has 0 aromatic heterocycles. The van der Waals surface area contributed by atoms with Gasteiger partial charge in [0.1, 0.15) is 5.60 Å². The van der Waals surface area contributed by atoms with Crippen LogP contribution in [0.1, 0.15) is 25.0 Å². The molecule has 0 heterocycles. The van der Waals surface area contributed by atoms with E-state index in [1.54, 1.807) is 6.07 Å². The third-order valence-electron chi connectivity index (χ3n) is 4.11. The van der Waals surface area contributed by atoms with Crippen LogP contribution in [0, 0.1) is 11.2 Å². The van der Waals surface area contributed by atoms with Gasteiger partial charge in [-0.3, -0.25) is 0 Å². The second kappa shape index (κ2) is 4.46. The molecule has 3 nitrogen and oxygen atoms in total. The van der Waals surface area contributed by atoms with Crippen LogP contribution in [0.3, 0.4) is 0 Å². The van der Waals surface area contributed by atoms with Crippen molar-refractivity contribution < 1.29 is 14.2 Å². The fourth-order valence-corrected chi connectivity index (χ4v) is 3.11. The van der Waals surface area contributed by atoms with Crippen molar-refractivity contribution in [3.63, 3.8) is 0 Å². The summed E-state index contributed by atoms with van der Waals surface area (Å²) in [5.74, 6) is -0.247. The third kappa shape index (κ3) is 2.03. The smallest absolute Gasteiger partial charge is 0.165 e. The first-order valence-electron chi connectivity index (χ1n) is 6.46. The number of likely N-dealkylation sites (N-methyl/N-ethyl adjacent to an activating group) is 1. The normalized spacial score (nSPS) is 24.6. The third-order valence-corrected chi connectivity index (χ3v) is 4.11. The highest BCUT2D eigenvalue weighted by molar-refractivity contribution is 5.51. The van der Waals surface area contributed by atoms with Crippen LogP contribution in [0.15, 0.2) is 12.1 Å². The highest BCUT2D eigenvalue weighted by atomic mass is 19.1. The molecule has 0 bridgehead atoms. The van der Waals surface area contributed by atoms with Gasteiger partial charge < -0.3 is 14.7 Å². The van der Waals surface area contributed by atoms with Crippen molar-refractivity contribution in [1.82, 2.24) is 4.90 Å². The van der Waals surface area contributed by atoms with E-state index in [2.05, 4.69) is 0 Å². The Kier molecular flexibility index (Phi) is 3.35. The number of fused-ring (bicyclic) bond motifs is 1. The zero-order valence-electron chi connectivity index (χ0n) is 12.2. The summed E-state index contributed by atoms with van der Waals surface area (Å²) in [5, 5.41) is 11.2. The molecule has 0 aliphatic heterocycles. The van der Waals surface area contributed by atoms with Gasteiger partial charge in [0, 0.05) is 17.5 Å². The minimum atomic E-state index is -1.11. The fourth-order valence-electron chi connectivity index (χ4n) is 3.11. The SMILES string of the molecule is COc1c(F)ccc2c1C(O)(CN(C)C)C(C)(C)C2. The van der Waals surface area contributed by atoms with Gasteiger partial charge in [-0.1, -0.05) is 19.9 Å². The number of benzene rings is 1. The summed E-state index contributed by atoms with van der Waals surface area (Å²) >= 11 is 0. The quantitative estimate of drug-likeness (QED) is 0.911. The topological polar surface area (TPSA) is 32.7 Å². The monoisotopic (exact) mass is 267 g/mol. The maximum atomic E-state index is 13.9. The Morgan fingerprint density at radius 1 is 1.37 bits per heavy atom. The maximum Gasteiger partial charge on any atom is 0.165 e. The summed E-state index contributed by atoms with van der Waals surface area (Å²) in [4.78, 5) is 1.92. The van der Waals surface area contributed by atoms with E-state index in [0.717, 1.165) is 5.56 Å². The van der Waals surface area contributed by atoms with Crippen molar-refractivity contribution in [1.29, 1.82) is 0 Å². The van der Waals surface area contributed by atoms with Gasteiger partial charge in [-0.05, 0) is 32.1 Å². The lowest BCUT2D eigenvalue weighted by Gasteiger charge is -2.39. The highest BCUT2D eigenvalue weighted by Crippen LogP contribution is 2.53. The molecular formula is C15H22FNO2.